The number of unbranched alkanes of at least 4 members (excludes halogenated alkanes) is 3. The van der Waals surface area contributed by atoms with Crippen molar-refractivity contribution in [2.24, 2.45) is 23.7 Å². The van der Waals surface area contributed by atoms with E-state index in [0.717, 1.165) is 30.6 Å². The highest BCUT2D eigenvalue weighted by Gasteiger charge is 2.37. The fraction of sp³-hybridized carbons (Fsp3) is 0.941. The Morgan fingerprint density at radius 3 is 2.47 bits per heavy atom. The molecule has 0 aliphatic heterocycles. The van der Waals surface area contributed by atoms with Crippen LogP contribution in [-0.4, -0.2) is 11.1 Å². The number of hydrogen-bond acceptors (Lipinski definition) is 1. The van der Waals surface area contributed by atoms with E-state index in [2.05, 4.69) is 6.92 Å². The third-order valence-electron chi connectivity index (χ3n) is 5.54. The Bertz CT molecular complexity index is 287. The van der Waals surface area contributed by atoms with E-state index in [9.17, 15) is 4.79 Å². The van der Waals surface area contributed by atoms with Crippen LogP contribution >= 0.6 is 0 Å². The molecule has 19 heavy (non-hydrogen) atoms. The third kappa shape index (κ3) is 4.22. The van der Waals surface area contributed by atoms with E-state index in [1.54, 1.807) is 0 Å². The van der Waals surface area contributed by atoms with Gasteiger partial charge < -0.3 is 5.11 Å². The normalized spacial score (nSPS) is 34.8. The first-order valence-corrected chi connectivity index (χ1v) is 8.43. The highest BCUT2D eigenvalue weighted by Crippen LogP contribution is 2.45. The zero-order valence-electron chi connectivity index (χ0n) is 12.4. The van der Waals surface area contributed by atoms with E-state index in [1.165, 1.54) is 57.8 Å². The zero-order valence-corrected chi connectivity index (χ0v) is 12.4. The van der Waals surface area contributed by atoms with Gasteiger partial charge in [0.25, 0.3) is 0 Å². The van der Waals surface area contributed by atoms with E-state index in [0.29, 0.717) is 0 Å². The molecule has 0 aromatic carbocycles. The monoisotopic (exact) mass is 266 g/mol. The van der Waals surface area contributed by atoms with E-state index < -0.39 is 5.97 Å². The Labute approximate surface area is 118 Å². The molecule has 110 valence electrons. The molecule has 4 unspecified atom stereocenters. The highest BCUT2D eigenvalue weighted by molar-refractivity contribution is 5.70. The lowest BCUT2D eigenvalue weighted by atomic mass is 9.64. The molecule has 0 heterocycles. The van der Waals surface area contributed by atoms with Crippen molar-refractivity contribution >= 4 is 5.97 Å². The van der Waals surface area contributed by atoms with Crippen LogP contribution in [0.3, 0.4) is 0 Å². The Hall–Kier alpha value is -0.530. The van der Waals surface area contributed by atoms with Gasteiger partial charge in [0.1, 0.15) is 0 Å². The number of hydrogen-bond donors (Lipinski definition) is 1. The van der Waals surface area contributed by atoms with Crippen molar-refractivity contribution in [2.75, 3.05) is 0 Å². The molecule has 0 spiro atoms. The highest BCUT2D eigenvalue weighted by atomic mass is 16.4. The molecule has 2 aliphatic rings. The average molecular weight is 266 g/mol. The van der Waals surface area contributed by atoms with Crippen LogP contribution in [0.5, 0.6) is 0 Å². The van der Waals surface area contributed by atoms with Crippen LogP contribution in [0.2, 0.25) is 0 Å². The minimum Gasteiger partial charge on any atom is -0.481 e. The van der Waals surface area contributed by atoms with Crippen LogP contribution in [0.1, 0.15) is 77.6 Å². The van der Waals surface area contributed by atoms with Crippen molar-refractivity contribution in [3.63, 3.8) is 0 Å². The summed E-state index contributed by atoms with van der Waals surface area (Å²) >= 11 is 0. The Morgan fingerprint density at radius 1 is 1.00 bits per heavy atom. The second-order valence-corrected chi connectivity index (χ2v) is 6.90. The van der Waals surface area contributed by atoms with Gasteiger partial charge in [-0.1, -0.05) is 45.4 Å². The SMILES string of the molecule is CCCCCCC1CCC2CC(C(=O)O)CCC2C1. The van der Waals surface area contributed by atoms with Gasteiger partial charge in [-0.05, 0) is 49.9 Å². The lowest BCUT2D eigenvalue weighted by Crippen LogP contribution is -2.33. The molecule has 2 saturated carbocycles. The van der Waals surface area contributed by atoms with Crippen molar-refractivity contribution in [1.29, 1.82) is 0 Å². The van der Waals surface area contributed by atoms with E-state index in [1.807, 2.05) is 0 Å². The number of rotatable bonds is 6. The molecular formula is C17H30O2. The van der Waals surface area contributed by atoms with Crippen LogP contribution in [0, 0.1) is 23.7 Å². The molecule has 0 aromatic heterocycles. The first-order chi connectivity index (χ1) is 9.20. The molecular weight excluding hydrogens is 236 g/mol. The van der Waals surface area contributed by atoms with E-state index in [4.69, 9.17) is 5.11 Å². The van der Waals surface area contributed by atoms with Gasteiger partial charge >= 0.3 is 5.97 Å². The second-order valence-electron chi connectivity index (χ2n) is 6.90. The van der Waals surface area contributed by atoms with Crippen molar-refractivity contribution in [3.8, 4) is 0 Å². The van der Waals surface area contributed by atoms with Gasteiger partial charge in [0, 0.05) is 0 Å². The molecule has 0 radical (unpaired) electrons. The van der Waals surface area contributed by atoms with Gasteiger partial charge in [-0.25, -0.2) is 0 Å². The summed E-state index contributed by atoms with van der Waals surface area (Å²) in [6, 6.07) is 0. The second kappa shape index (κ2) is 7.31. The molecule has 2 fully saturated rings. The first-order valence-electron chi connectivity index (χ1n) is 8.43. The van der Waals surface area contributed by atoms with Gasteiger partial charge in [0.2, 0.25) is 0 Å². The average Bonchev–Trinajstić information content (AvgIpc) is 2.43. The van der Waals surface area contributed by atoms with Gasteiger partial charge in [0.15, 0.2) is 0 Å². The zero-order chi connectivity index (χ0) is 13.7. The standard InChI is InChI=1S/C17H30O2/c1-2-3-4-5-6-13-7-8-15-12-16(17(18)19)10-9-14(15)11-13/h13-16H,2-12H2,1H3,(H,18,19). The smallest absolute Gasteiger partial charge is 0.306 e. The maximum Gasteiger partial charge on any atom is 0.306 e. The van der Waals surface area contributed by atoms with Gasteiger partial charge in [-0.2, -0.15) is 0 Å². The van der Waals surface area contributed by atoms with Crippen molar-refractivity contribution in [2.45, 2.75) is 77.6 Å². The van der Waals surface area contributed by atoms with E-state index in [-0.39, 0.29) is 5.92 Å². The maximum atomic E-state index is 11.1. The van der Waals surface area contributed by atoms with Gasteiger partial charge in [-0.15, -0.1) is 0 Å². The number of carbonyl (C=O) groups is 1. The molecule has 0 saturated heterocycles. The van der Waals surface area contributed by atoms with E-state index >= 15 is 0 Å². The van der Waals surface area contributed by atoms with Crippen molar-refractivity contribution in [3.05, 3.63) is 0 Å². The van der Waals surface area contributed by atoms with Crippen molar-refractivity contribution in [1.82, 2.24) is 0 Å². The number of fused-ring (bicyclic) bond motifs is 1. The van der Waals surface area contributed by atoms with Gasteiger partial charge in [0.05, 0.1) is 5.92 Å². The Balaban J connectivity index is 1.71. The summed E-state index contributed by atoms with van der Waals surface area (Å²) in [4.78, 5) is 11.1. The van der Waals surface area contributed by atoms with Crippen LogP contribution in [0.25, 0.3) is 0 Å². The largest absolute Gasteiger partial charge is 0.481 e. The Kier molecular flexibility index (Phi) is 5.72. The predicted molar refractivity (Wildman–Crippen MR) is 78.1 cm³/mol. The molecule has 0 bridgehead atoms. The molecule has 1 N–H and O–H groups in total. The lowest BCUT2D eigenvalue weighted by Gasteiger charge is -2.41. The number of carboxylic acid groups (broad SMARTS) is 1. The molecule has 0 amide bonds. The predicted octanol–water partition coefficient (Wildman–Crippen LogP) is 4.87. The summed E-state index contributed by atoms with van der Waals surface area (Å²) in [6.45, 7) is 2.27. The van der Waals surface area contributed by atoms with Crippen molar-refractivity contribution < 1.29 is 9.90 Å². The van der Waals surface area contributed by atoms with Crippen LogP contribution in [0.15, 0.2) is 0 Å². The quantitative estimate of drug-likeness (QED) is 0.696. The summed E-state index contributed by atoms with van der Waals surface area (Å²) in [7, 11) is 0. The minimum absolute atomic E-state index is 0.0395. The summed E-state index contributed by atoms with van der Waals surface area (Å²) < 4.78 is 0. The Morgan fingerprint density at radius 2 is 1.74 bits per heavy atom. The van der Waals surface area contributed by atoms with Gasteiger partial charge in [-0.3, -0.25) is 4.79 Å². The first kappa shape index (κ1) is 14.9. The van der Waals surface area contributed by atoms with Crippen LogP contribution < -0.4 is 0 Å². The third-order valence-corrected chi connectivity index (χ3v) is 5.54. The molecule has 2 aliphatic carbocycles. The number of carboxylic acids is 1. The summed E-state index contributed by atoms with van der Waals surface area (Å²) in [5.74, 6) is 1.92. The molecule has 4 atom stereocenters. The fourth-order valence-corrected chi connectivity index (χ4v) is 4.33. The molecule has 0 aromatic rings. The van der Waals surface area contributed by atoms with Crippen LogP contribution in [-0.2, 0) is 4.79 Å². The maximum absolute atomic E-state index is 11.1. The minimum atomic E-state index is -0.555. The molecule has 2 nitrogen and oxygen atoms in total. The van der Waals surface area contributed by atoms with Crippen LogP contribution in [0.4, 0.5) is 0 Å². The number of aliphatic carboxylic acids is 1. The fourth-order valence-electron chi connectivity index (χ4n) is 4.33. The molecule has 2 rings (SSSR count). The summed E-state index contributed by atoms with van der Waals surface area (Å²) in [5, 5.41) is 9.15. The lowest BCUT2D eigenvalue weighted by molar-refractivity contribution is -0.144. The topological polar surface area (TPSA) is 37.3 Å². The summed E-state index contributed by atoms with van der Waals surface area (Å²) in [5.41, 5.74) is 0. The summed E-state index contributed by atoms with van der Waals surface area (Å²) in [6.07, 6.45) is 14.1. The molecule has 2 heteroatoms.